The third-order valence-corrected chi connectivity index (χ3v) is 2.08. The summed E-state index contributed by atoms with van der Waals surface area (Å²) in [6.45, 7) is 1.45. The second-order valence-corrected chi connectivity index (χ2v) is 3.00. The van der Waals surface area contributed by atoms with Gasteiger partial charge < -0.3 is 5.73 Å². The highest BCUT2D eigenvalue weighted by Gasteiger charge is 2.18. The summed E-state index contributed by atoms with van der Waals surface area (Å²) >= 11 is 0. The Balaban J connectivity index is 2.38. The molecule has 0 aliphatic carbocycles. The average Bonchev–Trinajstić information content (AvgIpc) is 2.71. The van der Waals surface area contributed by atoms with E-state index in [0.29, 0.717) is 23.7 Å². The van der Waals surface area contributed by atoms with Crippen molar-refractivity contribution < 1.29 is 4.84 Å². The molecule has 2 N–H and O–H groups in total. The highest BCUT2D eigenvalue weighted by molar-refractivity contribution is 5.69. The fourth-order valence-corrected chi connectivity index (χ4v) is 1.37. The Morgan fingerprint density at radius 3 is 3.14 bits per heavy atom. The zero-order chi connectivity index (χ0) is 9.97. The van der Waals surface area contributed by atoms with Gasteiger partial charge in [-0.15, -0.1) is 0 Å². The minimum Gasteiger partial charge on any atom is -0.395 e. The number of hydroxylamine groups is 1. The monoisotopic (exact) mass is 190 g/mol. The second-order valence-electron chi connectivity index (χ2n) is 3.00. The Bertz CT molecular complexity index is 379. The number of nitrogens with zero attached hydrogens (tertiary/aromatic N) is 3. The Morgan fingerprint density at radius 1 is 1.64 bits per heavy atom. The Morgan fingerprint density at radius 2 is 2.50 bits per heavy atom. The molecule has 1 aliphatic rings. The number of nitrogen functional groups attached to an aromatic ring is 1. The van der Waals surface area contributed by atoms with Gasteiger partial charge in [0.05, 0.1) is 17.9 Å². The van der Waals surface area contributed by atoms with E-state index in [2.05, 4.69) is 4.98 Å². The number of hydrogen-bond acceptors (Lipinski definition) is 5. The lowest BCUT2D eigenvalue weighted by Crippen LogP contribution is -2.19. The van der Waals surface area contributed by atoms with Gasteiger partial charge in [0.2, 0.25) is 0 Å². The first-order valence-electron chi connectivity index (χ1n) is 4.38. The van der Waals surface area contributed by atoms with Crippen molar-refractivity contribution in [2.75, 3.05) is 23.9 Å². The molecule has 0 amide bonds. The van der Waals surface area contributed by atoms with Gasteiger partial charge in [-0.25, -0.2) is 10.0 Å². The van der Waals surface area contributed by atoms with Crippen LogP contribution in [0.3, 0.4) is 0 Å². The fraction of sp³-hybridized carbons (Fsp3) is 0.333. The lowest BCUT2D eigenvalue weighted by molar-refractivity contribution is 0.166. The van der Waals surface area contributed by atoms with E-state index in [1.54, 1.807) is 17.3 Å². The van der Waals surface area contributed by atoms with Crippen LogP contribution in [0.25, 0.3) is 0 Å². The number of aromatic nitrogens is 1. The summed E-state index contributed by atoms with van der Waals surface area (Å²) in [6, 6.07) is 3.60. The number of nitriles is 1. The highest BCUT2D eigenvalue weighted by atomic mass is 16.7. The van der Waals surface area contributed by atoms with Gasteiger partial charge in [0.15, 0.2) is 5.82 Å². The standard InChI is InChI=1S/C9H10N4O/c10-6-7-2-3-12-9(8(7)11)13-4-1-5-14-13/h2-3H,1,4-5,11H2. The predicted molar refractivity (Wildman–Crippen MR) is 51.3 cm³/mol. The number of pyridine rings is 1. The van der Waals surface area contributed by atoms with Crippen molar-refractivity contribution in [3.63, 3.8) is 0 Å². The molecule has 1 aromatic heterocycles. The van der Waals surface area contributed by atoms with Crippen LogP contribution >= 0.6 is 0 Å². The molecule has 2 heterocycles. The van der Waals surface area contributed by atoms with Gasteiger partial charge >= 0.3 is 0 Å². The van der Waals surface area contributed by atoms with Gasteiger partial charge in [0.1, 0.15) is 6.07 Å². The maximum absolute atomic E-state index is 8.77. The SMILES string of the molecule is N#Cc1ccnc(N2CCCO2)c1N. The molecule has 5 heteroatoms. The molecule has 0 radical (unpaired) electrons. The van der Waals surface area contributed by atoms with Crippen molar-refractivity contribution in [2.45, 2.75) is 6.42 Å². The van der Waals surface area contributed by atoms with E-state index in [9.17, 15) is 0 Å². The summed E-state index contributed by atoms with van der Waals surface area (Å²) in [5.74, 6) is 0.543. The quantitative estimate of drug-likeness (QED) is 0.704. The minimum absolute atomic E-state index is 0.386. The number of rotatable bonds is 1. The van der Waals surface area contributed by atoms with Crippen molar-refractivity contribution in [3.05, 3.63) is 17.8 Å². The van der Waals surface area contributed by atoms with E-state index in [4.69, 9.17) is 15.8 Å². The lowest BCUT2D eigenvalue weighted by Gasteiger charge is -2.16. The summed E-state index contributed by atoms with van der Waals surface area (Å²) < 4.78 is 0. The number of anilines is 2. The number of nitrogens with two attached hydrogens (primary N) is 1. The van der Waals surface area contributed by atoms with Gasteiger partial charge in [-0.2, -0.15) is 5.26 Å². The molecule has 0 unspecified atom stereocenters. The fourth-order valence-electron chi connectivity index (χ4n) is 1.37. The van der Waals surface area contributed by atoms with Crippen LogP contribution in [0, 0.1) is 11.3 Å². The number of hydrogen-bond donors (Lipinski definition) is 1. The van der Waals surface area contributed by atoms with Crippen LogP contribution < -0.4 is 10.8 Å². The first-order chi connectivity index (χ1) is 6.83. The smallest absolute Gasteiger partial charge is 0.177 e. The summed E-state index contributed by atoms with van der Waals surface area (Å²) in [6.07, 6.45) is 2.52. The lowest BCUT2D eigenvalue weighted by atomic mass is 10.2. The van der Waals surface area contributed by atoms with E-state index >= 15 is 0 Å². The van der Waals surface area contributed by atoms with Gasteiger partial charge in [-0.05, 0) is 12.5 Å². The molecule has 5 nitrogen and oxygen atoms in total. The minimum atomic E-state index is 0.386. The topological polar surface area (TPSA) is 75.2 Å². The molecule has 0 aromatic carbocycles. The van der Waals surface area contributed by atoms with Crippen molar-refractivity contribution in [1.29, 1.82) is 5.26 Å². The van der Waals surface area contributed by atoms with Crippen LogP contribution in [0.2, 0.25) is 0 Å². The summed E-state index contributed by atoms with van der Waals surface area (Å²) in [7, 11) is 0. The molecule has 0 bridgehead atoms. The van der Waals surface area contributed by atoms with Crippen molar-refractivity contribution in [2.24, 2.45) is 0 Å². The molecule has 72 valence electrons. The largest absolute Gasteiger partial charge is 0.395 e. The Labute approximate surface area is 81.7 Å². The van der Waals surface area contributed by atoms with Crippen LogP contribution in [0.5, 0.6) is 0 Å². The van der Waals surface area contributed by atoms with Crippen LogP contribution in [-0.4, -0.2) is 18.1 Å². The summed E-state index contributed by atoms with van der Waals surface area (Å²) in [5.41, 5.74) is 6.59. The third kappa shape index (κ3) is 1.36. The zero-order valence-corrected chi connectivity index (χ0v) is 7.60. The summed E-state index contributed by atoms with van der Waals surface area (Å²) in [5, 5.41) is 10.4. The molecule has 0 spiro atoms. The van der Waals surface area contributed by atoms with Crippen LogP contribution in [-0.2, 0) is 4.84 Å². The maximum atomic E-state index is 8.77. The summed E-state index contributed by atoms with van der Waals surface area (Å²) in [4.78, 5) is 9.39. The Hall–Kier alpha value is -1.80. The zero-order valence-electron chi connectivity index (χ0n) is 7.60. The van der Waals surface area contributed by atoms with Crippen molar-refractivity contribution in [3.8, 4) is 6.07 Å². The van der Waals surface area contributed by atoms with E-state index in [0.717, 1.165) is 13.0 Å². The van der Waals surface area contributed by atoms with Crippen LogP contribution in [0.15, 0.2) is 12.3 Å². The van der Waals surface area contributed by atoms with E-state index < -0.39 is 0 Å². The molecular weight excluding hydrogens is 180 g/mol. The van der Waals surface area contributed by atoms with Crippen LogP contribution in [0.4, 0.5) is 11.5 Å². The molecule has 1 aliphatic heterocycles. The Kier molecular flexibility index (Phi) is 2.21. The van der Waals surface area contributed by atoms with E-state index in [1.165, 1.54) is 0 Å². The first kappa shape index (κ1) is 8.78. The highest BCUT2D eigenvalue weighted by Crippen LogP contribution is 2.25. The average molecular weight is 190 g/mol. The van der Waals surface area contributed by atoms with Gasteiger partial charge in [0.25, 0.3) is 0 Å². The molecule has 0 atom stereocenters. The molecular formula is C9H10N4O. The predicted octanol–water partition coefficient (Wildman–Crippen LogP) is 0.677. The van der Waals surface area contributed by atoms with Crippen LogP contribution in [0.1, 0.15) is 12.0 Å². The van der Waals surface area contributed by atoms with Crippen molar-refractivity contribution in [1.82, 2.24) is 4.98 Å². The van der Waals surface area contributed by atoms with Gasteiger partial charge in [-0.1, -0.05) is 0 Å². The molecule has 1 aromatic rings. The molecule has 0 saturated carbocycles. The van der Waals surface area contributed by atoms with Gasteiger partial charge in [-0.3, -0.25) is 4.84 Å². The molecule has 2 rings (SSSR count). The first-order valence-corrected chi connectivity index (χ1v) is 4.38. The molecule has 1 fully saturated rings. The van der Waals surface area contributed by atoms with E-state index in [-0.39, 0.29) is 0 Å². The molecule has 1 saturated heterocycles. The third-order valence-electron chi connectivity index (χ3n) is 2.08. The second kappa shape index (κ2) is 3.52. The normalized spacial score (nSPS) is 15.5. The van der Waals surface area contributed by atoms with Gasteiger partial charge in [0, 0.05) is 12.7 Å². The molecule has 14 heavy (non-hydrogen) atoms. The maximum Gasteiger partial charge on any atom is 0.177 e. The van der Waals surface area contributed by atoms with E-state index in [1.807, 2.05) is 6.07 Å². The van der Waals surface area contributed by atoms with Crippen molar-refractivity contribution >= 4 is 11.5 Å².